The second-order valence-electron chi connectivity index (χ2n) is 6.64. The van der Waals surface area contributed by atoms with Crippen LogP contribution in [0.4, 0.5) is 0 Å². The third-order valence-corrected chi connectivity index (χ3v) is 5.78. The summed E-state index contributed by atoms with van der Waals surface area (Å²) in [4.78, 5) is 23.3. The smallest absolute Gasteiger partial charge is 0.321 e. The molecule has 27 heavy (non-hydrogen) atoms. The van der Waals surface area contributed by atoms with E-state index in [9.17, 15) is 14.7 Å². The molecule has 0 heterocycles. The quantitative estimate of drug-likeness (QED) is 0.413. The second kappa shape index (κ2) is 12.6. The van der Waals surface area contributed by atoms with Gasteiger partial charge in [0.2, 0.25) is 0 Å². The molecule has 0 saturated heterocycles. The molecule has 152 valence electrons. The molecule has 4 N–H and O–H groups in total. The van der Waals surface area contributed by atoms with Gasteiger partial charge in [-0.1, -0.05) is 32.3 Å². The second-order valence-corrected chi connectivity index (χ2v) is 7.98. The summed E-state index contributed by atoms with van der Waals surface area (Å²) in [5, 5.41) is 18.7. The van der Waals surface area contributed by atoms with Crippen molar-refractivity contribution in [2.24, 2.45) is 5.73 Å². The van der Waals surface area contributed by atoms with Crippen molar-refractivity contribution in [3.63, 3.8) is 0 Å². The van der Waals surface area contributed by atoms with Crippen molar-refractivity contribution >= 4 is 23.5 Å². The summed E-state index contributed by atoms with van der Waals surface area (Å²) >= 11 is 1.49. The van der Waals surface area contributed by atoms with Gasteiger partial charge in [0.25, 0.3) is 0 Å². The molecule has 0 saturated carbocycles. The zero-order valence-corrected chi connectivity index (χ0v) is 17.0. The molecule has 0 fully saturated rings. The highest BCUT2D eigenvalue weighted by Crippen LogP contribution is 2.27. The molecule has 0 aliphatic heterocycles. The summed E-state index contributed by atoms with van der Waals surface area (Å²) < 4.78 is 5.09. The van der Waals surface area contributed by atoms with Crippen LogP contribution in [-0.4, -0.2) is 46.1 Å². The van der Waals surface area contributed by atoms with Gasteiger partial charge < -0.3 is 20.7 Å². The van der Waals surface area contributed by atoms with Gasteiger partial charge >= 0.3 is 5.97 Å². The number of phenolic OH excluding ortho intramolecular Hbond substituents is 1. The number of hydrogen-bond donors (Lipinski definition) is 3. The van der Waals surface area contributed by atoms with Gasteiger partial charge in [-0.15, -0.1) is 0 Å². The number of methoxy groups -OCH3 is 1. The van der Waals surface area contributed by atoms with E-state index >= 15 is 0 Å². The molecular formula is C20H31NO5S. The Balaban J connectivity index is 2.54. The van der Waals surface area contributed by atoms with Crippen LogP contribution >= 0.6 is 11.8 Å². The van der Waals surface area contributed by atoms with Crippen molar-refractivity contribution in [1.29, 1.82) is 0 Å². The Bertz CT molecular complexity index is 608. The van der Waals surface area contributed by atoms with E-state index in [0.717, 1.165) is 31.2 Å². The average molecular weight is 398 g/mol. The number of Topliss-reactive ketones (excluding diaryl/α,β-unsaturated/α-hetero) is 1. The molecule has 0 aromatic heterocycles. The summed E-state index contributed by atoms with van der Waals surface area (Å²) in [6, 6.07) is 4.19. The lowest BCUT2D eigenvalue weighted by molar-refractivity contribution is -0.137. The number of carbonyl (C=O) groups is 2. The third kappa shape index (κ3) is 9.15. The Morgan fingerprint density at radius 1 is 1.30 bits per heavy atom. The normalized spacial score (nSPS) is 13.1. The molecular weight excluding hydrogens is 366 g/mol. The molecule has 0 aliphatic rings. The van der Waals surface area contributed by atoms with Gasteiger partial charge in [0.1, 0.15) is 11.8 Å². The number of carboxylic acid groups (broad SMARTS) is 1. The molecule has 0 bridgehead atoms. The summed E-state index contributed by atoms with van der Waals surface area (Å²) in [5.41, 5.74) is 6.52. The van der Waals surface area contributed by atoms with E-state index in [-0.39, 0.29) is 16.8 Å². The van der Waals surface area contributed by atoms with Crippen LogP contribution in [0.3, 0.4) is 0 Å². The first-order valence-electron chi connectivity index (χ1n) is 9.34. The predicted octanol–water partition coefficient (Wildman–Crippen LogP) is 3.39. The molecule has 1 aromatic carbocycles. The number of benzene rings is 1. The standard InChI is InChI=1S/C20H31NO5S/c1-3-4-5-6-16(27-13-17(21)20(24)25)12-15(22)9-7-14-8-10-18(23)19(11-14)26-2/h8,10-11,16-17,23H,3-7,9,12-13,21H2,1-2H3,(H,24,25). The zero-order chi connectivity index (χ0) is 20.2. The van der Waals surface area contributed by atoms with Crippen LogP contribution in [-0.2, 0) is 16.0 Å². The largest absolute Gasteiger partial charge is 0.504 e. The summed E-state index contributed by atoms with van der Waals surface area (Å²) in [7, 11) is 1.49. The number of aromatic hydroxyl groups is 1. The van der Waals surface area contributed by atoms with Crippen LogP contribution in [0.2, 0.25) is 0 Å². The maximum absolute atomic E-state index is 12.4. The van der Waals surface area contributed by atoms with Crippen molar-refractivity contribution in [1.82, 2.24) is 0 Å². The predicted molar refractivity (Wildman–Crippen MR) is 109 cm³/mol. The molecule has 1 aromatic rings. The van der Waals surface area contributed by atoms with Crippen molar-refractivity contribution in [2.45, 2.75) is 63.2 Å². The van der Waals surface area contributed by atoms with Crippen LogP contribution in [0, 0.1) is 0 Å². The van der Waals surface area contributed by atoms with E-state index in [1.807, 2.05) is 0 Å². The van der Waals surface area contributed by atoms with E-state index in [1.165, 1.54) is 18.9 Å². The number of aliphatic carboxylic acids is 1. The maximum atomic E-state index is 12.4. The first kappa shape index (κ1) is 23.3. The van der Waals surface area contributed by atoms with Crippen molar-refractivity contribution in [3.8, 4) is 11.5 Å². The van der Waals surface area contributed by atoms with Gasteiger partial charge in [0, 0.05) is 23.8 Å². The summed E-state index contributed by atoms with van der Waals surface area (Å²) in [5.74, 6) is -0.0677. The van der Waals surface area contributed by atoms with Gasteiger partial charge in [-0.3, -0.25) is 9.59 Å². The van der Waals surface area contributed by atoms with Gasteiger partial charge in [-0.05, 0) is 30.5 Å². The van der Waals surface area contributed by atoms with E-state index in [2.05, 4.69) is 6.92 Å². The summed E-state index contributed by atoms with van der Waals surface area (Å²) in [6.45, 7) is 2.12. The number of nitrogens with two attached hydrogens (primary N) is 1. The summed E-state index contributed by atoms with van der Waals surface area (Å²) in [6.07, 6.45) is 5.53. The van der Waals surface area contributed by atoms with Crippen molar-refractivity contribution in [3.05, 3.63) is 23.8 Å². The Hall–Kier alpha value is -1.73. The van der Waals surface area contributed by atoms with Gasteiger partial charge in [0.15, 0.2) is 11.5 Å². The molecule has 0 spiro atoms. The molecule has 6 nitrogen and oxygen atoms in total. The molecule has 7 heteroatoms. The van der Waals surface area contributed by atoms with Gasteiger partial charge in [0.05, 0.1) is 7.11 Å². The number of thioether (sulfide) groups is 1. The van der Waals surface area contributed by atoms with Gasteiger partial charge in [-0.2, -0.15) is 11.8 Å². The first-order chi connectivity index (χ1) is 12.9. The lowest BCUT2D eigenvalue weighted by Crippen LogP contribution is -2.33. The monoisotopic (exact) mass is 397 g/mol. The van der Waals surface area contributed by atoms with Crippen molar-refractivity contribution in [2.75, 3.05) is 12.9 Å². The molecule has 0 amide bonds. The minimum Gasteiger partial charge on any atom is -0.504 e. The lowest BCUT2D eigenvalue weighted by atomic mass is 10.0. The average Bonchev–Trinajstić information content (AvgIpc) is 2.65. The Morgan fingerprint density at radius 3 is 2.67 bits per heavy atom. The van der Waals surface area contributed by atoms with E-state index in [0.29, 0.717) is 30.8 Å². The fourth-order valence-corrected chi connectivity index (χ4v) is 3.95. The Kier molecular flexibility index (Phi) is 10.9. The van der Waals surface area contributed by atoms with Gasteiger partial charge in [-0.25, -0.2) is 0 Å². The van der Waals surface area contributed by atoms with E-state index in [1.54, 1.807) is 18.2 Å². The lowest BCUT2D eigenvalue weighted by Gasteiger charge is -2.17. The topological polar surface area (TPSA) is 110 Å². The molecule has 0 aliphatic carbocycles. The number of phenols is 1. The highest BCUT2D eigenvalue weighted by molar-refractivity contribution is 8.00. The minimum absolute atomic E-state index is 0.0785. The third-order valence-electron chi connectivity index (χ3n) is 4.35. The van der Waals surface area contributed by atoms with Crippen LogP contribution in [0.5, 0.6) is 11.5 Å². The molecule has 1 rings (SSSR count). The number of rotatable bonds is 14. The number of carbonyl (C=O) groups excluding carboxylic acids is 1. The Labute approximate surface area is 165 Å². The highest BCUT2D eigenvalue weighted by atomic mass is 32.2. The number of ether oxygens (including phenoxy) is 1. The Morgan fingerprint density at radius 2 is 2.04 bits per heavy atom. The molecule has 2 atom stereocenters. The number of unbranched alkanes of at least 4 members (excludes halogenated alkanes) is 2. The first-order valence-corrected chi connectivity index (χ1v) is 10.4. The van der Waals surface area contributed by atoms with Crippen LogP contribution in [0.25, 0.3) is 0 Å². The molecule has 0 radical (unpaired) electrons. The van der Waals surface area contributed by atoms with Crippen LogP contribution < -0.4 is 10.5 Å². The number of aryl methyl sites for hydroxylation is 1. The number of hydrogen-bond acceptors (Lipinski definition) is 6. The van der Waals surface area contributed by atoms with Crippen molar-refractivity contribution < 1.29 is 24.5 Å². The molecule has 2 unspecified atom stereocenters. The SMILES string of the molecule is CCCCCC(CC(=O)CCc1ccc(O)c(OC)c1)SCC(N)C(=O)O. The fraction of sp³-hybridized carbons (Fsp3) is 0.600. The maximum Gasteiger partial charge on any atom is 0.321 e. The minimum atomic E-state index is -1.01. The zero-order valence-electron chi connectivity index (χ0n) is 16.1. The number of ketones is 1. The van der Waals surface area contributed by atoms with Crippen LogP contribution in [0.15, 0.2) is 18.2 Å². The van der Waals surface area contributed by atoms with E-state index < -0.39 is 12.0 Å². The number of carboxylic acids is 1. The fourth-order valence-electron chi connectivity index (χ4n) is 2.69. The van der Waals surface area contributed by atoms with E-state index in [4.69, 9.17) is 15.6 Å². The highest BCUT2D eigenvalue weighted by Gasteiger charge is 2.18. The van der Waals surface area contributed by atoms with Crippen LogP contribution in [0.1, 0.15) is 51.0 Å².